The maximum atomic E-state index is 4.17. The summed E-state index contributed by atoms with van der Waals surface area (Å²) < 4.78 is 1.95. The van der Waals surface area contributed by atoms with Gasteiger partial charge in [0, 0.05) is 24.5 Å². The van der Waals surface area contributed by atoms with Gasteiger partial charge in [0.25, 0.3) is 0 Å². The van der Waals surface area contributed by atoms with Crippen molar-refractivity contribution in [3.05, 3.63) is 18.0 Å². The number of nitrogens with zero attached hydrogens (tertiary/aromatic N) is 2. The van der Waals surface area contributed by atoms with Gasteiger partial charge in [0.2, 0.25) is 0 Å². The first-order valence-corrected chi connectivity index (χ1v) is 5.60. The number of aryl methyl sites for hydroxylation is 1. The highest BCUT2D eigenvalue weighted by atomic mass is 15.2. The van der Waals surface area contributed by atoms with Crippen LogP contribution in [-0.4, -0.2) is 21.9 Å². The molecule has 0 spiro atoms. The zero-order valence-electron chi connectivity index (χ0n) is 10.5. The largest absolute Gasteiger partial charge is 0.312 e. The maximum absolute atomic E-state index is 4.17. The van der Waals surface area contributed by atoms with Gasteiger partial charge in [0.05, 0.1) is 0 Å². The molecule has 0 amide bonds. The minimum Gasteiger partial charge on any atom is -0.312 e. The van der Waals surface area contributed by atoms with Gasteiger partial charge in [0.15, 0.2) is 0 Å². The van der Waals surface area contributed by atoms with Gasteiger partial charge in [-0.15, -0.1) is 0 Å². The van der Waals surface area contributed by atoms with Crippen LogP contribution >= 0.6 is 0 Å². The Bertz CT molecular complexity index is 296. The Morgan fingerprint density at radius 1 is 1.47 bits per heavy atom. The molecule has 0 aliphatic carbocycles. The summed E-state index contributed by atoms with van der Waals surface area (Å²) in [6.07, 6.45) is 2.94. The van der Waals surface area contributed by atoms with Gasteiger partial charge in [-0.3, -0.25) is 4.68 Å². The van der Waals surface area contributed by atoms with Crippen molar-refractivity contribution in [3.63, 3.8) is 0 Å². The van der Waals surface area contributed by atoms with E-state index in [9.17, 15) is 0 Å². The maximum Gasteiger partial charge on any atom is 0.0492 e. The van der Waals surface area contributed by atoms with Gasteiger partial charge in [-0.2, -0.15) is 5.10 Å². The zero-order chi connectivity index (χ0) is 11.5. The molecule has 0 bridgehead atoms. The third-order valence-corrected chi connectivity index (χ3v) is 2.46. The highest BCUT2D eigenvalue weighted by Gasteiger charge is 2.12. The van der Waals surface area contributed by atoms with Crippen LogP contribution in [0.15, 0.2) is 12.3 Å². The topological polar surface area (TPSA) is 29.9 Å². The normalized spacial score (nSPS) is 14.2. The molecule has 0 saturated carbocycles. The molecule has 0 fully saturated rings. The van der Waals surface area contributed by atoms with Crippen LogP contribution in [0.2, 0.25) is 0 Å². The van der Waals surface area contributed by atoms with E-state index in [-0.39, 0.29) is 5.54 Å². The molecule has 3 nitrogen and oxygen atoms in total. The number of nitrogens with one attached hydrogen (secondary N) is 1. The van der Waals surface area contributed by atoms with Crippen molar-refractivity contribution in [1.29, 1.82) is 0 Å². The molecule has 0 aliphatic heterocycles. The van der Waals surface area contributed by atoms with E-state index in [0.29, 0.717) is 5.92 Å². The first-order chi connectivity index (χ1) is 6.88. The second-order valence-electron chi connectivity index (χ2n) is 5.39. The molecule has 1 aromatic heterocycles. The quantitative estimate of drug-likeness (QED) is 0.822. The Morgan fingerprint density at radius 3 is 2.60 bits per heavy atom. The van der Waals surface area contributed by atoms with Crippen LogP contribution in [0.3, 0.4) is 0 Å². The SMILES string of the molecule is CC(CNC(C)(C)C)Cc1ccnn1C. The summed E-state index contributed by atoms with van der Waals surface area (Å²) in [4.78, 5) is 0. The fourth-order valence-corrected chi connectivity index (χ4v) is 1.51. The Labute approximate surface area is 92.9 Å². The lowest BCUT2D eigenvalue weighted by atomic mass is 10.0. The molecule has 1 heterocycles. The molecule has 1 atom stereocenters. The second kappa shape index (κ2) is 4.79. The van der Waals surface area contributed by atoms with E-state index in [1.807, 2.05) is 17.9 Å². The highest BCUT2D eigenvalue weighted by Crippen LogP contribution is 2.08. The molecule has 1 rings (SSSR count). The predicted molar refractivity (Wildman–Crippen MR) is 63.8 cm³/mol. The van der Waals surface area contributed by atoms with E-state index in [0.717, 1.165) is 13.0 Å². The van der Waals surface area contributed by atoms with Gasteiger partial charge in [-0.05, 0) is 45.7 Å². The number of aromatic nitrogens is 2. The summed E-state index contributed by atoms with van der Waals surface area (Å²) in [5.74, 6) is 0.639. The summed E-state index contributed by atoms with van der Waals surface area (Å²) in [5, 5.41) is 7.70. The number of rotatable bonds is 4. The standard InChI is InChI=1S/C12H23N3/c1-10(9-13-12(2,3)4)8-11-6-7-14-15(11)5/h6-7,10,13H,8-9H2,1-5H3. The fraction of sp³-hybridized carbons (Fsp3) is 0.750. The van der Waals surface area contributed by atoms with Crippen LogP contribution in [-0.2, 0) is 13.5 Å². The van der Waals surface area contributed by atoms with Crippen LogP contribution in [0.5, 0.6) is 0 Å². The monoisotopic (exact) mass is 209 g/mol. The molecule has 0 radical (unpaired) electrons. The van der Waals surface area contributed by atoms with Gasteiger partial charge < -0.3 is 5.32 Å². The lowest BCUT2D eigenvalue weighted by Gasteiger charge is -2.23. The molecule has 86 valence electrons. The van der Waals surface area contributed by atoms with Gasteiger partial charge in [0.1, 0.15) is 0 Å². The first kappa shape index (κ1) is 12.2. The average molecular weight is 209 g/mol. The van der Waals surface area contributed by atoms with Crippen LogP contribution in [0.1, 0.15) is 33.4 Å². The van der Waals surface area contributed by atoms with E-state index in [1.165, 1.54) is 5.69 Å². The summed E-state index contributed by atoms with van der Waals surface area (Å²) in [7, 11) is 2.00. The first-order valence-electron chi connectivity index (χ1n) is 5.60. The third kappa shape index (κ3) is 4.47. The Morgan fingerprint density at radius 2 is 2.13 bits per heavy atom. The molecule has 0 aromatic carbocycles. The Hall–Kier alpha value is -0.830. The van der Waals surface area contributed by atoms with Gasteiger partial charge >= 0.3 is 0 Å². The molecular formula is C12H23N3. The molecule has 1 unspecified atom stereocenters. The Kier molecular flexibility index (Phi) is 3.91. The van der Waals surface area contributed by atoms with Gasteiger partial charge in [-0.25, -0.2) is 0 Å². The zero-order valence-corrected chi connectivity index (χ0v) is 10.5. The summed E-state index contributed by atoms with van der Waals surface area (Å²) in [6, 6.07) is 2.09. The highest BCUT2D eigenvalue weighted by molar-refractivity contribution is 5.01. The fourth-order valence-electron chi connectivity index (χ4n) is 1.51. The third-order valence-electron chi connectivity index (χ3n) is 2.46. The van der Waals surface area contributed by atoms with Crippen molar-refractivity contribution in [1.82, 2.24) is 15.1 Å². The van der Waals surface area contributed by atoms with Crippen molar-refractivity contribution >= 4 is 0 Å². The van der Waals surface area contributed by atoms with Crippen molar-refractivity contribution in [2.75, 3.05) is 6.54 Å². The minimum atomic E-state index is 0.209. The van der Waals surface area contributed by atoms with E-state index in [1.54, 1.807) is 0 Å². The molecular weight excluding hydrogens is 186 g/mol. The summed E-state index contributed by atoms with van der Waals surface area (Å²) in [6.45, 7) is 9.91. The number of hydrogen-bond acceptors (Lipinski definition) is 2. The predicted octanol–water partition coefficient (Wildman–Crippen LogP) is 1.99. The van der Waals surface area contributed by atoms with Crippen LogP contribution in [0, 0.1) is 5.92 Å². The van der Waals surface area contributed by atoms with E-state index in [4.69, 9.17) is 0 Å². The van der Waals surface area contributed by atoms with Crippen LogP contribution in [0.4, 0.5) is 0 Å². The molecule has 1 N–H and O–H groups in total. The van der Waals surface area contributed by atoms with Crippen LogP contribution in [0.25, 0.3) is 0 Å². The molecule has 0 saturated heterocycles. The minimum absolute atomic E-state index is 0.209. The van der Waals surface area contributed by atoms with E-state index >= 15 is 0 Å². The molecule has 1 aromatic rings. The van der Waals surface area contributed by atoms with Crippen molar-refractivity contribution < 1.29 is 0 Å². The molecule has 3 heteroatoms. The van der Waals surface area contributed by atoms with Crippen molar-refractivity contribution in [2.45, 2.75) is 39.7 Å². The lowest BCUT2D eigenvalue weighted by Crippen LogP contribution is -2.39. The molecule has 15 heavy (non-hydrogen) atoms. The second-order valence-corrected chi connectivity index (χ2v) is 5.39. The van der Waals surface area contributed by atoms with Gasteiger partial charge in [-0.1, -0.05) is 6.92 Å². The summed E-state index contributed by atoms with van der Waals surface area (Å²) >= 11 is 0. The number of hydrogen-bond donors (Lipinski definition) is 1. The average Bonchev–Trinajstić information content (AvgIpc) is 2.47. The van der Waals surface area contributed by atoms with E-state index in [2.05, 4.69) is 44.2 Å². The lowest BCUT2D eigenvalue weighted by molar-refractivity contribution is 0.378. The Balaban J connectivity index is 2.37. The summed E-state index contributed by atoms with van der Waals surface area (Å²) in [5.41, 5.74) is 1.51. The van der Waals surface area contributed by atoms with Crippen molar-refractivity contribution in [2.24, 2.45) is 13.0 Å². The smallest absolute Gasteiger partial charge is 0.0492 e. The molecule has 0 aliphatic rings. The van der Waals surface area contributed by atoms with Crippen molar-refractivity contribution in [3.8, 4) is 0 Å². The van der Waals surface area contributed by atoms with Crippen LogP contribution < -0.4 is 5.32 Å². The van der Waals surface area contributed by atoms with E-state index < -0.39 is 0 Å².